The van der Waals surface area contributed by atoms with Gasteiger partial charge in [0.15, 0.2) is 12.2 Å². The van der Waals surface area contributed by atoms with E-state index < -0.39 is 48.5 Å². The van der Waals surface area contributed by atoms with Gasteiger partial charge in [-0.25, -0.2) is 4.79 Å². The van der Waals surface area contributed by atoms with Gasteiger partial charge in [-0.2, -0.15) is 0 Å². The Morgan fingerprint density at radius 1 is 0.853 bits per heavy atom. The van der Waals surface area contributed by atoms with Crippen molar-refractivity contribution in [1.29, 1.82) is 0 Å². The minimum Gasteiger partial charge on any atom is -0.478 e. The normalized spacial score (nSPS) is 21.9. The van der Waals surface area contributed by atoms with E-state index in [1.165, 1.54) is 18.2 Å². The number of ether oxygens (including phenoxy) is 5. The lowest BCUT2D eigenvalue weighted by Crippen LogP contribution is -2.59. The lowest BCUT2D eigenvalue weighted by Gasteiger charge is -2.40. The summed E-state index contributed by atoms with van der Waals surface area (Å²) in [5, 5.41) is 9.47. The first kappa shape index (κ1) is 27.1. The number of esters is 3. The van der Waals surface area contributed by atoms with Crippen molar-refractivity contribution >= 4 is 23.9 Å². The molecule has 0 amide bonds. The molecule has 1 aliphatic heterocycles. The predicted octanol–water partition coefficient (Wildman–Crippen LogP) is 3.26. The molecule has 0 spiro atoms. The molecule has 0 bridgehead atoms. The zero-order chi connectivity index (χ0) is 25.1. The first-order valence-corrected chi connectivity index (χ1v) is 11.5. The Hall–Kier alpha value is -3.14. The lowest BCUT2D eigenvalue weighted by molar-refractivity contribution is -0.261. The fourth-order valence-corrected chi connectivity index (χ4v) is 3.35. The molecule has 1 N–H and O–H groups in total. The third kappa shape index (κ3) is 7.72. The summed E-state index contributed by atoms with van der Waals surface area (Å²) in [4.78, 5) is 48.5. The molecule has 10 heteroatoms. The highest BCUT2D eigenvalue weighted by Crippen LogP contribution is 2.29. The Kier molecular flexibility index (Phi) is 10.8. The van der Waals surface area contributed by atoms with Crippen LogP contribution in [0.1, 0.15) is 69.7 Å². The van der Waals surface area contributed by atoms with Crippen molar-refractivity contribution in [2.45, 2.75) is 83.9 Å². The Morgan fingerprint density at radius 2 is 1.38 bits per heavy atom. The molecular formula is C24H32O10. The van der Waals surface area contributed by atoms with Crippen molar-refractivity contribution in [2.24, 2.45) is 0 Å². The Balaban J connectivity index is 2.39. The van der Waals surface area contributed by atoms with Crippen LogP contribution in [0.5, 0.6) is 5.75 Å². The van der Waals surface area contributed by atoms with E-state index in [0.717, 1.165) is 0 Å². The molecule has 1 fully saturated rings. The number of rotatable bonds is 12. The number of carboxylic acid groups (broad SMARTS) is 1. The highest BCUT2D eigenvalue weighted by molar-refractivity contribution is 5.90. The van der Waals surface area contributed by atoms with Gasteiger partial charge in [-0.05, 0) is 31.4 Å². The summed E-state index contributed by atoms with van der Waals surface area (Å²) in [5.74, 6) is -2.90. The second-order valence-corrected chi connectivity index (χ2v) is 7.81. The van der Waals surface area contributed by atoms with Gasteiger partial charge in [0.2, 0.25) is 12.4 Å². The van der Waals surface area contributed by atoms with Crippen molar-refractivity contribution in [3.05, 3.63) is 29.8 Å². The summed E-state index contributed by atoms with van der Waals surface area (Å²) < 4.78 is 28.2. The monoisotopic (exact) mass is 480 g/mol. The fourth-order valence-electron chi connectivity index (χ4n) is 3.35. The van der Waals surface area contributed by atoms with Gasteiger partial charge in [0.05, 0.1) is 6.61 Å². The van der Waals surface area contributed by atoms with Gasteiger partial charge >= 0.3 is 23.9 Å². The highest BCUT2D eigenvalue weighted by Gasteiger charge is 2.49. The number of para-hydroxylation sites is 1. The van der Waals surface area contributed by atoms with E-state index in [-0.39, 0.29) is 37.2 Å². The maximum atomic E-state index is 12.4. The highest BCUT2D eigenvalue weighted by atomic mass is 16.7. The van der Waals surface area contributed by atoms with Gasteiger partial charge in [-0.1, -0.05) is 32.9 Å². The molecule has 1 aromatic rings. The Bertz CT molecular complexity index is 852. The first-order valence-electron chi connectivity index (χ1n) is 11.5. The van der Waals surface area contributed by atoms with Gasteiger partial charge in [0.1, 0.15) is 11.3 Å². The first-order chi connectivity index (χ1) is 16.3. The number of carboxylic acids is 1. The predicted molar refractivity (Wildman–Crippen MR) is 118 cm³/mol. The number of hydrogen-bond donors (Lipinski definition) is 1. The standard InChI is InChI=1S/C24H32O10/c1-4-9-18(25)31-17-14-30-24(32-16-13-8-7-12-15(16)23(28)29)22(34-20(27)11-6-3)21(17)33-19(26)10-5-2/h7-8,12-13,17,21-22,24H,4-6,9-11,14H2,1-3H3,(H,28,29). The van der Waals surface area contributed by atoms with Crippen molar-refractivity contribution in [2.75, 3.05) is 6.61 Å². The van der Waals surface area contributed by atoms with Gasteiger partial charge in [-0.15, -0.1) is 0 Å². The topological polar surface area (TPSA) is 135 Å². The molecule has 4 atom stereocenters. The minimum absolute atomic E-state index is 0.0170. The largest absolute Gasteiger partial charge is 0.478 e. The summed E-state index contributed by atoms with van der Waals surface area (Å²) in [6.07, 6.45) is -2.90. The Labute approximate surface area is 198 Å². The smallest absolute Gasteiger partial charge is 0.339 e. The maximum Gasteiger partial charge on any atom is 0.339 e. The second-order valence-electron chi connectivity index (χ2n) is 7.81. The number of aromatic carboxylic acids is 1. The molecule has 0 saturated carbocycles. The Morgan fingerprint density at radius 3 is 1.94 bits per heavy atom. The SMILES string of the molecule is CCCC(=O)OC1COC(Oc2ccccc2C(=O)O)C(OC(=O)CCC)C1OC(=O)CCC. The summed E-state index contributed by atoms with van der Waals surface area (Å²) in [6, 6.07) is 5.90. The number of carbonyl (C=O) groups excluding carboxylic acids is 3. The quantitative estimate of drug-likeness (QED) is 0.351. The van der Waals surface area contributed by atoms with Crippen LogP contribution in [0.25, 0.3) is 0 Å². The fraction of sp³-hybridized carbons (Fsp3) is 0.583. The van der Waals surface area contributed by atoms with Gasteiger partial charge in [-0.3, -0.25) is 14.4 Å². The van der Waals surface area contributed by atoms with Gasteiger partial charge < -0.3 is 28.8 Å². The molecule has 2 rings (SSSR count). The van der Waals surface area contributed by atoms with E-state index in [2.05, 4.69) is 0 Å². The van der Waals surface area contributed by atoms with Crippen molar-refractivity contribution < 1.29 is 48.0 Å². The van der Waals surface area contributed by atoms with Gasteiger partial charge in [0.25, 0.3) is 0 Å². The average Bonchev–Trinajstić information content (AvgIpc) is 2.78. The number of carbonyl (C=O) groups is 4. The molecule has 0 aromatic heterocycles. The summed E-state index contributed by atoms with van der Waals surface area (Å²) in [5.41, 5.74) is -0.124. The van der Waals surface area contributed by atoms with Crippen LogP contribution in [0.3, 0.4) is 0 Å². The number of hydrogen-bond acceptors (Lipinski definition) is 9. The van der Waals surface area contributed by atoms with Crippen LogP contribution in [-0.2, 0) is 33.3 Å². The second kappa shape index (κ2) is 13.5. The molecule has 1 saturated heterocycles. The minimum atomic E-state index is -1.30. The van der Waals surface area contributed by atoms with Crippen LogP contribution < -0.4 is 4.74 Å². The van der Waals surface area contributed by atoms with E-state index in [1.54, 1.807) is 19.9 Å². The molecule has 10 nitrogen and oxygen atoms in total. The van der Waals surface area contributed by atoms with Crippen molar-refractivity contribution in [3.8, 4) is 5.75 Å². The van der Waals surface area contributed by atoms with Crippen LogP contribution in [0, 0.1) is 0 Å². The van der Waals surface area contributed by atoms with E-state index in [9.17, 15) is 24.3 Å². The van der Waals surface area contributed by atoms with Crippen molar-refractivity contribution in [3.63, 3.8) is 0 Å². The summed E-state index contributed by atoms with van der Waals surface area (Å²) in [6.45, 7) is 5.21. The van der Waals surface area contributed by atoms with E-state index in [4.69, 9.17) is 23.7 Å². The lowest BCUT2D eigenvalue weighted by atomic mass is 10.0. The van der Waals surface area contributed by atoms with Crippen molar-refractivity contribution in [1.82, 2.24) is 0 Å². The number of benzene rings is 1. The molecule has 1 aliphatic rings. The average molecular weight is 481 g/mol. The maximum absolute atomic E-state index is 12.4. The molecule has 1 aromatic carbocycles. The molecule has 188 valence electrons. The van der Waals surface area contributed by atoms with Crippen LogP contribution in [0.2, 0.25) is 0 Å². The zero-order valence-electron chi connectivity index (χ0n) is 19.7. The molecule has 4 unspecified atom stereocenters. The molecule has 1 heterocycles. The van der Waals surface area contributed by atoms with Crippen LogP contribution >= 0.6 is 0 Å². The molecule has 0 aliphatic carbocycles. The van der Waals surface area contributed by atoms with E-state index >= 15 is 0 Å². The van der Waals surface area contributed by atoms with Crippen LogP contribution in [-0.4, -0.2) is 60.2 Å². The van der Waals surface area contributed by atoms with E-state index in [1.807, 2.05) is 6.92 Å². The molecule has 34 heavy (non-hydrogen) atoms. The summed E-state index contributed by atoms with van der Waals surface area (Å²) in [7, 11) is 0. The summed E-state index contributed by atoms with van der Waals surface area (Å²) >= 11 is 0. The molecular weight excluding hydrogens is 448 g/mol. The van der Waals surface area contributed by atoms with Gasteiger partial charge in [0, 0.05) is 19.3 Å². The molecule has 0 radical (unpaired) electrons. The van der Waals surface area contributed by atoms with Crippen LogP contribution in [0.4, 0.5) is 0 Å². The third-order valence-electron chi connectivity index (χ3n) is 4.92. The van der Waals surface area contributed by atoms with Crippen LogP contribution in [0.15, 0.2) is 24.3 Å². The zero-order valence-corrected chi connectivity index (χ0v) is 19.7. The van der Waals surface area contributed by atoms with E-state index in [0.29, 0.717) is 19.3 Å². The third-order valence-corrected chi connectivity index (χ3v) is 4.92.